The minimum atomic E-state index is -0.173. The molecule has 176 valence electrons. The Labute approximate surface area is 208 Å². The molecule has 0 bridgehead atoms. The third kappa shape index (κ3) is 5.35. The Bertz CT molecular complexity index is 1350. The highest BCUT2D eigenvalue weighted by Crippen LogP contribution is 2.37. The highest BCUT2D eigenvalue weighted by molar-refractivity contribution is 7.99. The van der Waals surface area contributed by atoms with Crippen LogP contribution in [0.1, 0.15) is 40.5 Å². The Hall–Kier alpha value is -3.71. The zero-order valence-corrected chi connectivity index (χ0v) is 20.3. The number of amides is 1. The number of fused-ring (bicyclic) bond motifs is 1. The molecule has 0 aliphatic heterocycles. The van der Waals surface area contributed by atoms with E-state index in [2.05, 4.69) is 32.4 Å². The van der Waals surface area contributed by atoms with Gasteiger partial charge in [0.2, 0.25) is 5.91 Å². The fourth-order valence-electron chi connectivity index (χ4n) is 4.62. The smallest absolute Gasteiger partial charge is 0.222 e. The molecular weight excluding hydrogens is 456 g/mol. The van der Waals surface area contributed by atoms with Gasteiger partial charge >= 0.3 is 0 Å². The van der Waals surface area contributed by atoms with Crippen LogP contribution in [0.5, 0.6) is 0 Å². The van der Waals surface area contributed by atoms with E-state index >= 15 is 0 Å². The van der Waals surface area contributed by atoms with Crippen LogP contribution < -0.4 is 5.32 Å². The van der Waals surface area contributed by atoms with Crippen molar-refractivity contribution >= 4 is 29.3 Å². The molecule has 4 aromatic rings. The van der Waals surface area contributed by atoms with Crippen LogP contribution in [0.25, 0.3) is 11.3 Å². The number of hydrogen-bond acceptors (Lipinski definition) is 5. The van der Waals surface area contributed by atoms with Gasteiger partial charge in [-0.1, -0.05) is 36.4 Å². The molecule has 2 N–H and O–H groups in total. The summed E-state index contributed by atoms with van der Waals surface area (Å²) in [6.07, 6.45) is 5.47. The summed E-state index contributed by atoms with van der Waals surface area (Å²) < 4.78 is 0. The third-order valence-corrected chi connectivity index (χ3v) is 7.28. The zero-order chi connectivity index (χ0) is 24.2. The molecule has 5 rings (SSSR count). The number of aromatic amines is 1. The van der Waals surface area contributed by atoms with Gasteiger partial charge in [0.05, 0.1) is 10.7 Å². The van der Waals surface area contributed by atoms with Crippen LogP contribution in [-0.2, 0) is 17.6 Å². The highest BCUT2D eigenvalue weighted by atomic mass is 32.2. The molecule has 3 aromatic heterocycles. The van der Waals surface area contributed by atoms with Crippen LogP contribution in [-0.4, -0.2) is 32.4 Å². The number of hydrogen-bond donors (Lipinski definition) is 2. The monoisotopic (exact) mass is 482 g/mol. The summed E-state index contributed by atoms with van der Waals surface area (Å²) in [6.45, 7) is 1.46. The van der Waals surface area contributed by atoms with Gasteiger partial charge in [0.15, 0.2) is 5.78 Å². The normalized spacial score (nSPS) is 15.0. The molecule has 1 aliphatic rings. The van der Waals surface area contributed by atoms with Crippen molar-refractivity contribution in [3.05, 3.63) is 95.4 Å². The summed E-state index contributed by atoms with van der Waals surface area (Å²) >= 11 is 1.70. The van der Waals surface area contributed by atoms with E-state index in [-0.39, 0.29) is 17.6 Å². The van der Waals surface area contributed by atoms with E-state index in [1.54, 1.807) is 24.2 Å². The minimum absolute atomic E-state index is 0.173. The van der Waals surface area contributed by atoms with Gasteiger partial charge < -0.3 is 10.3 Å². The van der Waals surface area contributed by atoms with Crippen LogP contribution in [0.2, 0.25) is 0 Å². The molecule has 35 heavy (non-hydrogen) atoms. The number of anilines is 1. The fourth-order valence-corrected chi connectivity index (χ4v) is 5.57. The molecule has 1 atom stereocenters. The van der Waals surface area contributed by atoms with Gasteiger partial charge in [-0.25, -0.2) is 9.97 Å². The number of thioether (sulfide) groups is 1. The van der Waals surface area contributed by atoms with E-state index < -0.39 is 0 Å². The molecular formula is C28H26N4O2S. The number of carbonyl (C=O) groups excluding carboxylic acids is 2. The Kier molecular flexibility index (Phi) is 6.77. The van der Waals surface area contributed by atoms with Crippen molar-refractivity contribution < 1.29 is 9.59 Å². The molecule has 1 aromatic carbocycles. The first-order valence-electron chi connectivity index (χ1n) is 11.7. The summed E-state index contributed by atoms with van der Waals surface area (Å²) in [7, 11) is 0. The first-order chi connectivity index (χ1) is 17.1. The van der Waals surface area contributed by atoms with Crippen molar-refractivity contribution in [2.24, 2.45) is 5.92 Å². The number of rotatable bonds is 7. The summed E-state index contributed by atoms with van der Waals surface area (Å²) in [5.74, 6) is 1.58. The van der Waals surface area contributed by atoms with E-state index in [4.69, 9.17) is 0 Å². The standard InChI is InChI=1S/C28H26N4O2S/c1-18(33)31-25-16-21(10-12-29-25)28-22(13-19-7-3-2-4-8-19)27-23(32-28)14-20(15-24(27)34)17-35-26-9-5-6-11-30-26/h2-12,16,20,32H,13-15,17H2,1H3,(H,29,31,33). The van der Waals surface area contributed by atoms with Gasteiger partial charge in [0.25, 0.3) is 0 Å². The number of nitrogens with zero attached hydrogens (tertiary/aromatic N) is 2. The molecule has 0 saturated carbocycles. The molecule has 0 saturated heterocycles. The molecule has 0 spiro atoms. The summed E-state index contributed by atoms with van der Waals surface area (Å²) in [5.41, 5.74) is 5.78. The van der Waals surface area contributed by atoms with Crippen molar-refractivity contribution in [1.29, 1.82) is 0 Å². The van der Waals surface area contributed by atoms with Gasteiger partial charge in [0, 0.05) is 54.7 Å². The first-order valence-corrected chi connectivity index (χ1v) is 12.6. The van der Waals surface area contributed by atoms with Crippen molar-refractivity contribution in [3.63, 3.8) is 0 Å². The van der Waals surface area contributed by atoms with Gasteiger partial charge in [-0.3, -0.25) is 9.59 Å². The Balaban J connectivity index is 1.49. The average molecular weight is 483 g/mol. The number of ketones is 1. The minimum Gasteiger partial charge on any atom is -0.358 e. The Morgan fingerprint density at radius 1 is 1.06 bits per heavy atom. The van der Waals surface area contributed by atoms with E-state index in [0.717, 1.165) is 50.8 Å². The lowest BCUT2D eigenvalue weighted by Gasteiger charge is -2.21. The molecule has 1 amide bonds. The van der Waals surface area contributed by atoms with Crippen LogP contribution in [0.3, 0.4) is 0 Å². The SMILES string of the molecule is CC(=O)Nc1cc(-c2[nH]c3c(c2Cc2ccccc2)C(=O)CC(CSc2ccccn2)C3)ccn1. The van der Waals surface area contributed by atoms with Crippen LogP contribution in [0, 0.1) is 5.92 Å². The van der Waals surface area contributed by atoms with Gasteiger partial charge in [-0.15, -0.1) is 11.8 Å². The molecule has 0 radical (unpaired) electrons. The highest BCUT2D eigenvalue weighted by Gasteiger charge is 2.31. The van der Waals surface area contributed by atoms with Crippen molar-refractivity contribution in [3.8, 4) is 11.3 Å². The molecule has 3 heterocycles. The number of Topliss-reactive ketones (excluding diaryl/α,β-unsaturated/α-hetero) is 1. The molecule has 1 unspecified atom stereocenters. The van der Waals surface area contributed by atoms with Crippen molar-refractivity contribution in [2.45, 2.75) is 31.2 Å². The number of aromatic nitrogens is 3. The molecule has 6 nitrogen and oxygen atoms in total. The van der Waals surface area contributed by atoms with E-state index in [1.165, 1.54) is 6.92 Å². The Morgan fingerprint density at radius 3 is 2.66 bits per heavy atom. The maximum Gasteiger partial charge on any atom is 0.222 e. The Morgan fingerprint density at radius 2 is 1.89 bits per heavy atom. The predicted molar refractivity (Wildman–Crippen MR) is 139 cm³/mol. The maximum absolute atomic E-state index is 13.5. The molecule has 7 heteroatoms. The zero-order valence-electron chi connectivity index (χ0n) is 19.5. The lowest BCUT2D eigenvalue weighted by molar-refractivity contribution is -0.114. The maximum atomic E-state index is 13.5. The molecule has 0 fully saturated rings. The second-order valence-electron chi connectivity index (χ2n) is 8.78. The topological polar surface area (TPSA) is 87.7 Å². The van der Waals surface area contributed by atoms with Gasteiger partial charge in [-0.2, -0.15) is 0 Å². The van der Waals surface area contributed by atoms with Gasteiger partial charge in [-0.05, 0) is 47.7 Å². The van der Waals surface area contributed by atoms with Crippen LogP contribution in [0.4, 0.5) is 5.82 Å². The second-order valence-corrected chi connectivity index (χ2v) is 9.82. The van der Waals surface area contributed by atoms with E-state index in [1.807, 2.05) is 48.5 Å². The first kappa shape index (κ1) is 23.1. The number of H-pyrrole nitrogens is 1. The summed E-state index contributed by atoms with van der Waals surface area (Å²) in [5, 5.41) is 3.73. The van der Waals surface area contributed by atoms with Crippen molar-refractivity contribution in [1.82, 2.24) is 15.0 Å². The van der Waals surface area contributed by atoms with E-state index in [0.29, 0.717) is 18.7 Å². The number of benzene rings is 1. The van der Waals surface area contributed by atoms with Crippen molar-refractivity contribution in [2.75, 3.05) is 11.1 Å². The predicted octanol–water partition coefficient (Wildman–Crippen LogP) is 5.56. The quantitative estimate of drug-likeness (QED) is 0.337. The van der Waals surface area contributed by atoms with Gasteiger partial charge in [0.1, 0.15) is 5.82 Å². The van der Waals surface area contributed by atoms with E-state index in [9.17, 15) is 9.59 Å². The third-order valence-electron chi connectivity index (χ3n) is 6.11. The van der Waals surface area contributed by atoms with Crippen LogP contribution in [0.15, 0.2) is 78.1 Å². The number of nitrogens with one attached hydrogen (secondary N) is 2. The fraction of sp³-hybridized carbons (Fsp3) is 0.214. The summed E-state index contributed by atoms with van der Waals surface area (Å²) in [6, 6.07) is 19.8. The largest absolute Gasteiger partial charge is 0.358 e. The summed E-state index contributed by atoms with van der Waals surface area (Å²) in [4.78, 5) is 37.3. The number of carbonyl (C=O) groups is 2. The molecule has 1 aliphatic carbocycles. The van der Waals surface area contributed by atoms with Crippen LogP contribution >= 0.6 is 11.8 Å². The average Bonchev–Trinajstić information content (AvgIpc) is 3.22. The number of pyridine rings is 2. The second kappa shape index (κ2) is 10.3. The lowest BCUT2D eigenvalue weighted by Crippen LogP contribution is -2.22. The lowest BCUT2D eigenvalue weighted by atomic mass is 9.84.